The smallest absolute Gasteiger partial charge is 0.339 e. The van der Waals surface area contributed by atoms with Crippen molar-refractivity contribution in [3.8, 4) is 0 Å². The molecule has 0 aliphatic carbocycles. The molecule has 0 saturated carbocycles. The molecule has 0 unspecified atom stereocenters. The number of methoxy groups -OCH3 is 1. The second kappa shape index (κ2) is 3.89. The Morgan fingerprint density at radius 3 is 2.92 bits per heavy atom. The van der Waals surface area contributed by atoms with Crippen molar-refractivity contribution >= 4 is 11.7 Å². The second-order valence-corrected chi connectivity index (χ2v) is 2.61. The maximum Gasteiger partial charge on any atom is 0.339 e. The number of nitrogens with zero attached hydrogens (tertiary/aromatic N) is 1. The zero-order valence-corrected chi connectivity index (χ0v) is 7.70. The molecule has 1 heterocycles. The molecule has 0 saturated heterocycles. The van der Waals surface area contributed by atoms with Crippen LogP contribution in [0.5, 0.6) is 0 Å². The number of ether oxygens (including phenoxy) is 1. The molecule has 0 bridgehead atoms. The van der Waals surface area contributed by atoms with Crippen molar-refractivity contribution in [2.45, 2.75) is 13.3 Å². The standard InChI is InChI=1S/C9H12N2O2/c1-3-8-7(9(12)13-2)4-6(10)5-11-8/h4-5H,3,10H2,1-2H3. The molecule has 0 radical (unpaired) electrons. The Kier molecular flexibility index (Phi) is 2.84. The number of carbonyl (C=O) groups is 1. The Hall–Kier alpha value is -1.58. The molecule has 0 fully saturated rings. The predicted molar refractivity (Wildman–Crippen MR) is 49.4 cm³/mol. The third kappa shape index (κ3) is 1.96. The van der Waals surface area contributed by atoms with Crippen LogP contribution in [-0.4, -0.2) is 18.1 Å². The van der Waals surface area contributed by atoms with E-state index in [0.29, 0.717) is 23.4 Å². The highest BCUT2D eigenvalue weighted by Gasteiger charge is 2.11. The van der Waals surface area contributed by atoms with Crippen LogP contribution in [0.2, 0.25) is 0 Å². The van der Waals surface area contributed by atoms with Crippen LogP contribution in [0.1, 0.15) is 23.0 Å². The van der Waals surface area contributed by atoms with E-state index in [1.54, 1.807) is 6.07 Å². The third-order valence-corrected chi connectivity index (χ3v) is 1.73. The molecule has 0 amide bonds. The lowest BCUT2D eigenvalue weighted by Gasteiger charge is -2.05. The van der Waals surface area contributed by atoms with Crippen LogP contribution < -0.4 is 5.73 Å². The van der Waals surface area contributed by atoms with Crippen molar-refractivity contribution in [1.82, 2.24) is 4.98 Å². The molecule has 1 rings (SSSR count). The van der Waals surface area contributed by atoms with E-state index in [9.17, 15) is 4.79 Å². The number of rotatable bonds is 2. The van der Waals surface area contributed by atoms with E-state index >= 15 is 0 Å². The van der Waals surface area contributed by atoms with Crippen LogP contribution in [0.15, 0.2) is 12.3 Å². The molecule has 0 aliphatic heterocycles. The number of hydrogen-bond acceptors (Lipinski definition) is 4. The minimum atomic E-state index is -0.392. The maximum absolute atomic E-state index is 11.2. The lowest BCUT2D eigenvalue weighted by Crippen LogP contribution is -2.08. The number of anilines is 1. The number of carbonyl (C=O) groups excluding carboxylic acids is 1. The summed E-state index contributed by atoms with van der Waals surface area (Å²) in [6.07, 6.45) is 2.22. The first kappa shape index (κ1) is 9.51. The molecule has 0 aliphatic rings. The van der Waals surface area contributed by atoms with Gasteiger partial charge >= 0.3 is 5.97 Å². The van der Waals surface area contributed by atoms with Crippen LogP contribution >= 0.6 is 0 Å². The van der Waals surface area contributed by atoms with E-state index in [-0.39, 0.29) is 0 Å². The van der Waals surface area contributed by atoms with Gasteiger partial charge in [0.1, 0.15) is 0 Å². The summed E-state index contributed by atoms with van der Waals surface area (Å²) in [5, 5.41) is 0. The fraction of sp³-hybridized carbons (Fsp3) is 0.333. The molecule has 2 N–H and O–H groups in total. The average molecular weight is 180 g/mol. The highest BCUT2D eigenvalue weighted by molar-refractivity contribution is 5.91. The number of esters is 1. The Balaban J connectivity index is 3.15. The van der Waals surface area contributed by atoms with Gasteiger partial charge in [0.2, 0.25) is 0 Å². The van der Waals surface area contributed by atoms with Gasteiger partial charge in [-0.3, -0.25) is 4.98 Å². The van der Waals surface area contributed by atoms with Crippen LogP contribution in [0, 0.1) is 0 Å². The lowest BCUT2D eigenvalue weighted by molar-refractivity contribution is 0.0599. The highest BCUT2D eigenvalue weighted by atomic mass is 16.5. The van der Waals surface area contributed by atoms with Crippen molar-refractivity contribution in [1.29, 1.82) is 0 Å². The summed E-state index contributed by atoms with van der Waals surface area (Å²) >= 11 is 0. The number of aryl methyl sites for hydroxylation is 1. The molecule has 0 aromatic carbocycles. The largest absolute Gasteiger partial charge is 0.465 e. The summed E-state index contributed by atoms with van der Waals surface area (Å²) in [6, 6.07) is 1.58. The van der Waals surface area contributed by atoms with E-state index in [2.05, 4.69) is 9.72 Å². The zero-order chi connectivity index (χ0) is 9.84. The van der Waals surface area contributed by atoms with Gasteiger partial charge in [-0.2, -0.15) is 0 Å². The number of nitrogens with two attached hydrogens (primary N) is 1. The van der Waals surface area contributed by atoms with Gasteiger partial charge in [-0.25, -0.2) is 4.79 Å². The number of pyridine rings is 1. The van der Waals surface area contributed by atoms with Crippen molar-refractivity contribution in [3.05, 3.63) is 23.5 Å². The first-order chi connectivity index (χ1) is 6.19. The summed E-state index contributed by atoms with van der Waals surface area (Å²) in [6.45, 7) is 1.92. The molecular weight excluding hydrogens is 168 g/mol. The number of aromatic nitrogens is 1. The molecule has 4 heteroatoms. The topological polar surface area (TPSA) is 65.2 Å². The van der Waals surface area contributed by atoms with Crippen molar-refractivity contribution in [2.75, 3.05) is 12.8 Å². The Morgan fingerprint density at radius 1 is 1.69 bits per heavy atom. The predicted octanol–water partition coefficient (Wildman–Crippen LogP) is 1.01. The van der Waals surface area contributed by atoms with E-state index in [1.807, 2.05) is 6.92 Å². The van der Waals surface area contributed by atoms with Crippen molar-refractivity contribution in [2.24, 2.45) is 0 Å². The van der Waals surface area contributed by atoms with Gasteiger partial charge in [0, 0.05) is 0 Å². The Bertz CT molecular complexity index is 323. The summed E-state index contributed by atoms with van der Waals surface area (Å²) < 4.78 is 4.60. The van der Waals surface area contributed by atoms with Gasteiger partial charge in [-0.05, 0) is 12.5 Å². The van der Waals surface area contributed by atoms with Gasteiger partial charge in [0.05, 0.1) is 30.3 Å². The molecule has 70 valence electrons. The quantitative estimate of drug-likeness (QED) is 0.690. The van der Waals surface area contributed by atoms with E-state index < -0.39 is 5.97 Å². The van der Waals surface area contributed by atoms with Gasteiger partial charge in [0.15, 0.2) is 0 Å². The fourth-order valence-corrected chi connectivity index (χ4v) is 1.08. The van der Waals surface area contributed by atoms with Crippen LogP contribution in [-0.2, 0) is 11.2 Å². The molecule has 0 spiro atoms. The first-order valence-electron chi connectivity index (χ1n) is 4.01. The summed E-state index contributed by atoms with van der Waals surface area (Å²) in [5.41, 5.74) is 7.13. The molecule has 1 aromatic heterocycles. The minimum Gasteiger partial charge on any atom is -0.465 e. The Labute approximate surface area is 76.7 Å². The number of nitrogen functional groups attached to an aromatic ring is 1. The Morgan fingerprint density at radius 2 is 2.38 bits per heavy atom. The molecular formula is C9H12N2O2. The normalized spacial score (nSPS) is 9.69. The van der Waals surface area contributed by atoms with E-state index in [4.69, 9.17) is 5.73 Å². The summed E-state index contributed by atoms with van der Waals surface area (Å²) in [7, 11) is 1.34. The summed E-state index contributed by atoms with van der Waals surface area (Å²) in [4.78, 5) is 15.3. The lowest BCUT2D eigenvalue weighted by atomic mass is 10.1. The highest BCUT2D eigenvalue weighted by Crippen LogP contribution is 2.11. The van der Waals surface area contributed by atoms with Crippen molar-refractivity contribution in [3.63, 3.8) is 0 Å². The minimum absolute atomic E-state index is 0.392. The van der Waals surface area contributed by atoms with Crippen LogP contribution in [0.4, 0.5) is 5.69 Å². The summed E-state index contributed by atoms with van der Waals surface area (Å²) in [5.74, 6) is -0.392. The van der Waals surface area contributed by atoms with Gasteiger partial charge < -0.3 is 10.5 Å². The molecule has 13 heavy (non-hydrogen) atoms. The first-order valence-corrected chi connectivity index (χ1v) is 4.01. The van der Waals surface area contributed by atoms with E-state index in [0.717, 1.165) is 0 Å². The fourth-order valence-electron chi connectivity index (χ4n) is 1.08. The molecule has 4 nitrogen and oxygen atoms in total. The van der Waals surface area contributed by atoms with Crippen LogP contribution in [0.25, 0.3) is 0 Å². The van der Waals surface area contributed by atoms with Gasteiger partial charge in [0.25, 0.3) is 0 Å². The third-order valence-electron chi connectivity index (χ3n) is 1.73. The van der Waals surface area contributed by atoms with Gasteiger partial charge in [-0.15, -0.1) is 0 Å². The van der Waals surface area contributed by atoms with Gasteiger partial charge in [-0.1, -0.05) is 6.92 Å². The second-order valence-electron chi connectivity index (χ2n) is 2.61. The number of hydrogen-bond donors (Lipinski definition) is 1. The van der Waals surface area contributed by atoms with Crippen molar-refractivity contribution < 1.29 is 9.53 Å². The maximum atomic E-state index is 11.2. The van der Waals surface area contributed by atoms with E-state index in [1.165, 1.54) is 13.3 Å². The monoisotopic (exact) mass is 180 g/mol. The average Bonchev–Trinajstić information content (AvgIpc) is 2.16. The van der Waals surface area contributed by atoms with Crippen LogP contribution in [0.3, 0.4) is 0 Å². The SMILES string of the molecule is CCc1ncc(N)cc1C(=O)OC. The molecule has 1 aromatic rings. The zero-order valence-electron chi connectivity index (χ0n) is 7.70. The molecule has 0 atom stereocenters.